The van der Waals surface area contributed by atoms with Crippen molar-refractivity contribution >= 4 is 17.7 Å². The Balaban J connectivity index is 1.70. The summed E-state index contributed by atoms with van der Waals surface area (Å²) in [6.45, 7) is 14.2. The van der Waals surface area contributed by atoms with Crippen LogP contribution in [0.2, 0.25) is 0 Å². The fourth-order valence-corrected chi connectivity index (χ4v) is 6.84. The number of ketones is 1. The fourth-order valence-electron chi connectivity index (χ4n) is 6.84. The standard InChI is InChI=1S/C31H53NO7/c1-18(2)26-14-12-22(7)31(37,39-26)28(34)29(35)32-15-9-8-10-24(32)30(36)38-27(19(3)4)21(6)16-23-13-11-20(5)25(33)17-23/h18-27,33,37H,8-17H2,1-7H3/t20-,21-,22-,23+,24+,25-,26?,27+,31-/m1/s1. The Hall–Kier alpha value is -1.51. The molecule has 3 rings (SSSR count). The van der Waals surface area contributed by atoms with E-state index in [1.54, 1.807) is 6.92 Å². The highest BCUT2D eigenvalue weighted by molar-refractivity contribution is 6.39. The van der Waals surface area contributed by atoms with Crippen LogP contribution in [0.25, 0.3) is 0 Å². The minimum Gasteiger partial charge on any atom is -0.460 e. The summed E-state index contributed by atoms with van der Waals surface area (Å²) in [4.78, 5) is 41.8. The van der Waals surface area contributed by atoms with Crippen LogP contribution >= 0.6 is 0 Å². The Bertz CT molecular complexity index is 860. The molecule has 0 bridgehead atoms. The van der Waals surface area contributed by atoms with Crippen LogP contribution in [-0.4, -0.2) is 69.5 Å². The molecule has 1 amide bonds. The van der Waals surface area contributed by atoms with Crippen molar-refractivity contribution in [2.24, 2.45) is 35.5 Å². The van der Waals surface area contributed by atoms with Crippen molar-refractivity contribution in [2.75, 3.05) is 6.54 Å². The Labute approximate surface area is 235 Å². The number of aliphatic hydroxyl groups is 2. The van der Waals surface area contributed by atoms with Crippen LogP contribution in [0.4, 0.5) is 0 Å². The SMILES string of the molecule is CC(C)C1CC[C@@H](C)[C@](O)(C(=O)C(=O)N2CCCC[C@H]2C(=O)O[C@@H](C(C)C)[C@H](C)C[C@@H]2CC[C@@H](C)[C@H](O)C2)O1. The number of esters is 1. The second kappa shape index (κ2) is 13.4. The molecule has 1 saturated carbocycles. The summed E-state index contributed by atoms with van der Waals surface area (Å²) in [7, 11) is 0. The molecule has 2 heterocycles. The van der Waals surface area contributed by atoms with Gasteiger partial charge in [-0.25, -0.2) is 4.79 Å². The smallest absolute Gasteiger partial charge is 0.329 e. The molecule has 2 aliphatic heterocycles. The summed E-state index contributed by atoms with van der Waals surface area (Å²) in [6, 6.07) is -0.857. The number of rotatable bonds is 9. The number of carbonyl (C=O) groups is 3. The highest BCUT2D eigenvalue weighted by atomic mass is 16.6. The number of hydrogen-bond acceptors (Lipinski definition) is 7. The molecule has 0 aromatic carbocycles. The lowest BCUT2D eigenvalue weighted by atomic mass is 9.75. The molecule has 2 N–H and O–H groups in total. The van der Waals surface area contributed by atoms with E-state index in [1.165, 1.54) is 4.90 Å². The van der Waals surface area contributed by atoms with E-state index in [1.807, 2.05) is 27.7 Å². The number of ether oxygens (including phenoxy) is 2. The zero-order valence-corrected chi connectivity index (χ0v) is 25.2. The number of aliphatic hydroxyl groups excluding tert-OH is 1. The number of amides is 1. The summed E-state index contributed by atoms with van der Waals surface area (Å²) in [5, 5.41) is 21.6. The molecule has 3 fully saturated rings. The normalized spacial score (nSPS) is 35.5. The van der Waals surface area contributed by atoms with Gasteiger partial charge in [0.2, 0.25) is 5.79 Å². The summed E-state index contributed by atoms with van der Waals surface area (Å²) >= 11 is 0. The zero-order valence-electron chi connectivity index (χ0n) is 25.2. The first-order valence-corrected chi connectivity index (χ1v) is 15.4. The third-order valence-corrected chi connectivity index (χ3v) is 9.62. The van der Waals surface area contributed by atoms with Gasteiger partial charge in [-0.15, -0.1) is 0 Å². The quantitative estimate of drug-likeness (QED) is 0.321. The number of likely N-dealkylation sites (tertiary alicyclic amines) is 1. The van der Waals surface area contributed by atoms with Gasteiger partial charge in [-0.05, 0) is 87.4 Å². The monoisotopic (exact) mass is 551 g/mol. The van der Waals surface area contributed by atoms with Crippen LogP contribution in [0.3, 0.4) is 0 Å². The van der Waals surface area contributed by atoms with Crippen molar-refractivity contribution in [2.45, 2.75) is 136 Å². The van der Waals surface area contributed by atoms with E-state index in [-0.39, 0.29) is 42.6 Å². The Morgan fingerprint density at radius 1 is 1.00 bits per heavy atom. The molecule has 1 unspecified atom stereocenters. The number of piperidine rings is 1. The third-order valence-electron chi connectivity index (χ3n) is 9.62. The second-order valence-corrected chi connectivity index (χ2v) is 13.5. The third kappa shape index (κ3) is 7.42. The molecule has 9 atom stereocenters. The van der Waals surface area contributed by atoms with Crippen molar-refractivity contribution in [3.05, 3.63) is 0 Å². The van der Waals surface area contributed by atoms with Gasteiger partial charge in [0.15, 0.2) is 0 Å². The molecular formula is C31H53NO7. The van der Waals surface area contributed by atoms with Crippen molar-refractivity contribution in [3.8, 4) is 0 Å². The summed E-state index contributed by atoms with van der Waals surface area (Å²) in [5.41, 5.74) is 0. The van der Waals surface area contributed by atoms with E-state index in [9.17, 15) is 24.6 Å². The van der Waals surface area contributed by atoms with Gasteiger partial charge in [-0.2, -0.15) is 0 Å². The minimum atomic E-state index is -2.19. The van der Waals surface area contributed by atoms with Crippen LogP contribution < -0.4 is 0 Å². The maximum atomic E-state index is 13.5. The van der Waals surface area contributed by atoms with E-state index in [2.05, 4.69) is 13.8 Å². The Kier molecular flexibility index (Phi) is 11.0. The summed E-state index contributed by atoms with van der Waals surface area (Å²) in [6.07, 6.45) is 5.94. The molecule has 224 valence electrons. The fraction of sp³-hybridized carbons (Fsp3) is 0.903. The van der Waals surface area contributed by atoms with Gasteiger partial charge in [0, 0.05) is 12.5 Å². The topological polar surface area (TPSA) is 113 Å². The average molecular weight is 552 g/mol. The molecular weight excluding hydrogens is 498 g/mol. The highest BCUT2D eigenvalue weighted by Crippen LogP contribution is 2.37. The largest absolute Gasteiger partial charge is 0.460 e. The van der Waals surface area contributed by atoms with Crippen LogP contribution in [0.1, 0.15) is 106 Å². The first kappa shape index (κ1) is 32.0. The Morgan fingerprint density at radius 3 is 2.31 bits per heavy atom. The molecule has 2 saturated heterocycles. The van der Waals surface area contributed by atoms with Gasteiger partial charge < -0.3 is 24.6 Å². The maximum Gasteiger partial charge on any atom is 0.329 e. The van der Waals surface area contributed by atoms with E-state index < -0.39 is 35.4 Å². The average Bonchev–Trinajstić information content (AvgIpc) is 2.89. The van der Waals surface area contributed by atoms with E-state index >= 15 is 0 Å². The van der Waals surface area contributed by atoms with E-state index in [0.29, 0.717) is 31.1 Å². The van der Waals surface area contributed by atoms with Gasteiger partial charge >= 0.3 is 5.97 Å². The number of nitrogens with zero attached hydrogens (tertiary/aromatic N) is 1. The van der Waals surface area contributed by atoms with Gasteiger partial charge in [-0.3, -0.25) is 9.59 Å². The highest BCUT2D eigenvalue weighted by Gasteiger charge is 2.53. The van der Waals surface area contributed by atoms with E-state index in [4.69, 9.17) is 9.47 Å². The van der Waals surface area contributed by atoms with Crippen LogP contribution in [0.5, 0.6) is 0 Å². The molecule has 8 heteroatoms. The van der Waals surface area contributed by atoms with Crippen LogP contribution in [0, 0.1) is 35.5 Å². The first-order valence-electron chi connectivity index (χ1n) is 15.4. The molecule has 1 aliphatic carbocycles. The molecule has 0 radical (unpaired) electrons. The molecule has 8 nitrogen and oxygen atoms in total. The lowest BCUT2D eigenvalue weighted by Crippen LogP contribution is -2.61. The number of hydrogen-bond donors (Lipinski definition) is 2. The van der Waals surface area contributed by atoms with Crippen LogP contribution in [0.15, 0.2) is 0 Å². The van der Waals surface area contributed by atoms with Crippen molar-refractivity contribution in [1.29, 1.82) is 0 Å². The van der Waals surface area contributed by atoms with E-state index in [0.717, 1.165) is 38.5 Å². The summed E-state index contributed by atoms with van der Waals surface area (Å²) < 4.78 is 12.0. The van der Waals surface area contributed by atoms with Gasteiger partial charge in [0.1, 0.15) is 12.1 Å². The molecule has 0 spiro atoms. The molecule has 39 heavy (non-hydrogen) atoms. The van der Waals surface area contributed by atoms with Gasteiger partial charge in [-0.1, -0.05) is 48.5 Å². The molecule has 0 aromatic rings. The zero-order chi connectivity index (χ0) is 29.1. The summed E-state index contributed by atoms with van der Waals surface area (Å²) in [5.74, 6) is -4.06. The Morgan fingerprint density at radius 2 is 1.69 bits per heavy atom. The van der Waals surface area contributed by atoms with Gasteiger partial charge in [0.05, 0.1) is 12.2 Å². The lowest BCUT2D eigenvalue weighted by Gasteiger charge is -2.43. The van der Waals surface area contributed by atoms with Crippen molar-refractivity contribution in [3.63, 3.8) is 0 Å². The predicted octanol–water partition coefficient (Wildman–Crippen LogP) is 4.49. The number of Topliss-reactive ketones (excluding diaryl/α,β-unsaturated/α-hetero) is 1. The predicted molar refractivity (Wildman–Crippen MR) is 148 cm³/mol. The van der Waals surface area contributed by atoms with Crippen LogP contribution in [-0.2, 0) is 23.9 Å². The second-order valence-electron chi connectivity index (χ2n) is 13.5. The lowest BCUT2D eigenvalue weighted by molar-refractivity contribution is -0.269. The van der Waals surface area contributed by atoms with Crippen molar-refractivity contribution in [1.82, 2.24) is 4.90 Å². The molecule has 0 aromatic heterocycles. The number of carbonyl (C=O) groups excluding carboxylic acids is 3. The van der Waals surface area contributed by atoms with Gasteiger partial charge in [0.25, 0.3) is 11.7 Å². The maximum absolute atomic E-state index is 13.5. The molecule has 3 aliphatic rings. The first-order chi connectivity index (χ1) is 18.3. The minimum absolute atomic E-state index is 0.0796. The van der Waals surface area contributed by atoms with Crippen molar-refractivity contribution < 1.29 is 34.1 Å².